The highest BCUT2D eigenvalue weighted by Crippen LogP contribution is 2.26. The lowest BCUT2D eigenvalue weighted by Crippen LogP contribution is -2.20. The zero-order valence-electron chi connectivity index (χ0n) is 12.2. The van der Waals surface area contributed by atoms with Gasteiger partial charge in [-0.25, -0.2) is 0 Å². The molecule has 0 spiro atoms. The summed E-state index contributed by atoms with van der Waals surface area (Å²) in [5, 5.41) is 2.90. The molecule has 2 aromatic rings. The van der Waals surface area contributed by atoms with Gasteiger partial charge < -0.3 is 11.1 Å². The number of rotatable bonds is 3. The van der Waals surface area contributed by atoms with Gasteiger partial charge in [0.05, 0.1) is 0 Å². The lowest BCUT2D eigenvalue weighted by molar-refractivity contribution is -0.116. The summed E-state index contributed by atoms with van der Waals surface area (Å²) in [5.74, 6) is 0.0965. The van der Waals surface area contributed by atoms with Gasteiger partial charge in [0.1, 0.15) is 0 Å². The molecule has 2 aromatic carbocycles. The van der Waals surface area contributed by atoms with E-state index in [9.17, 15) is 4.79 Å². The third-order valence-electron chi connectivity index (χ3n) is 4.03. The van der Waals surface area contributed by atoms with Crippen LogP contribution >= 0.6 is 0 Å². The lowest BCUT2D eigenvalue weighted by atomic mass is 9.94. The molecule has 0 aliphatic carbocycles. The fourth-order valence-corrected chi connectivity index (χ4v) is 2.73. The van der Waals surface area contributed by atoms with E-state index in [1.54, 1.807) is 0 Å². The minimum absolute atomic E-state index is 0.0179. The van der Waals surface area contributed by atoms with Crippen molar-refractivity contribution >= 4 is 11.6 Å². The van der Waals surface area contributed by atoms with Crippen molar-refractivity contribution in [2.45, 2.75) is 32.2 Å². The maximum atomic E-state index is 11.4. The summed E-state index contributed by atoms with van der Waals surface area (Å²) in [6.07, 6.45) is 2.18. The third kappa shape index (κ3) is 3.14. The van der Waals surface area contributed by atoms with Gasteiger partial charge in [0.25, 0.3) is 0 Å². The molecule has 1 aliphatic heterocycles. The van der Waals surface area contributed by atoms with E-state index in [4.69, 9.17) is 5.73 Å². The van der Waals surface area contributed by atoms with Crippen molar-refractivity contribution in [1.82, 2.24) is 0 Å². The quantitative estimate of drug-likeness (QED) is 0.907. The van der Waals surface area contributed by atoms with Gasteiger partial charge in [-0.1, -0.05) is 42.0 Å². The Kier molecular flexibility index (Phi) is 3.76. The molecule has 0 fully saturated rings. The number of carbonyl (C=O) groups is 1. The predicted octanol–water partition coefficient (Wildman–Crippen LogP) is 3.12. The van der Waals surface area contributed by atoms with Crippen molar-refractivity contribution in [2.75, 3.05) is 5.32 Å². The number of benzene rings is 2. The Morgan fingerprint density at radius 2 is 1.90 bits per heavy atom. The second-order valence-corrected chi connectivity index (χ2v) is 5.76. The van der Waals surface area contributed by atoms with Crippen LogP contribution in [0.2, 0.25) is 0 Å². The largest absolute Gasteiger partial charge is 0.326 e. The Bertz CT molecular complexity index is 661. The second kappa shape index (κ2) is 5.70. The van der Waals surface area contributed by atoms with E-state index >= 15 is 0 Å². The smallest absolute Gasteiger partial charge is 0.224 e. The number of amides is 1. The molecule has 1 aliphatic rings. The molecular weight excluding hydrogens is 260 g/mol. The topological polar surface area (TPSA) is 55.1 Å². The molecule has 1 amide bonds. The third-order valence-corrected chi connectivity index (χ3v) is 4.03. The molecule has 1 heterocycles. The summed E-state index contributed by atoms with van der Waals surface area (Å²) in [7, 11) is 0. The summed E-state index contributed by atoms with van der Waals surface area (Å²) in [6.45, 7) is 2.08. The number of nitrogens with one attached hydrogen (secondary N) is 1. The van der Waals surface area contributed by atoms with Gasteiger partial charge in [0, 0.05) is 18.2 Å². The number of carbonyl (C=O) groups excluding carboxylic acids is 1. The second-order valence-electron chi connectivity index (χ2n) is 5.76. The summed E-state index contributed by atoms with van der Waals surface area (Å²) < 4.78 is 0. The maximum Gasteiger partial charge on any atom is 0.224 e. The van der Waals surface area contributed by atoms with Crippen molar-refractivity contribution < 1.29 is 4.79 Å². The van der Waals surface area contributed by atoms with Gasteiger partial charge in [0.2, 0.25) is 5.91 Å². The first-order valence-electron chi connectivity index (χ1n) is 7.35. The van der Waals surface area contributed by atoms with Gasteiger partial charge in [-0.15, -0.1) is 0 Å². The molecule has 0 saturated heterocycles. The Hall–Kier alpha value is -2.13. The van der Waals surface area contributed by atoms with Crippen molar-refractivity contribution in [3.8, 4) is 0 Å². The molecule has 21 heavy (non-hydrogen) atoms. The van der Waals surface area contributed by atoms with Crippen LogP contribution in [0.5, 0.6) is 0 Å². The van der Waals surface area contributed by atoms with Gasteiger partial charge in [-0.2, -0.15) is 0 Å². The van der Waals surface area contributed by atoms with Crippen molar-refractivity contribution in [1.29, 1.82) is 0 Å². The molecule has 0 saturated carbocycles. The van der Waals surface area contributed by atoms with Gasteiger partial charge in [0.15, 0.2) is 0 Å². The highest BCUT2D eigenvalue weighted by atomic mass is 16.1. The molecule has 0 radical (unpaired) electrons. The van der Waals surface area contributed by atoms with Gasteiger partial charge in [-0.3, -0.25) is 4.79 Å². The fourth-order valence-electron chi connectivity index (χ4n) is 2.73. The van der Waals surface area contributed by atoms with Gasteiger partial charge in [-0.05, 0) is 42.5 Å². The van der Waals surface area contributed by atoms with E-state index in [0.717, 1.165) is 24.1 Å². The van der Waals surface area contributed by atoms with Crippen LogP contribution in [0.4, 0.5) is 5.69 Å². The molecule has 3 N–H and O–H groups in total. The zero-order valence-corrected chi connectivity index (χ0v) is 12.2. The first kappa shape index (κ1) is 13.8. The summed E-state index contributed by atoms with van der Waals surface area (Å²) in [5.41, 5.74) is 12.1. The molecule has 1 unspecified atom stereocenters. The minimum Gasteiger partial charge on any atom is -0.326 e. The Morgan fingerprint density at radius 1 is 1.14 bits per heavy atom. The fraction of sp³-hybridized carbons (Fsp3) is 0.278. The zero-order chi connectivity index (χ0) is 14.8. The maximum absolute atomic E-state index is 11.4. The molecule has 108 valence electrons. The number of anilines is 1. The van der Waals surface area contributed by atoms with Crippen molar-refractivity contribution in [3.05, 3.63) is 64.7 Å². The van der Waals surface area contributed by atoms with E-state index in [2.05, 4.69) is 42.6 Å². The Morgan fingerprint density at radius 3 is 2.67 bits per heavy atom. The number of hydrogen-bond acceptors (Lipinski definition) is 2. The van der Waals surface area contributed by atoms with Crippen LogP contribution in [-0.4, -0.2) is 5.91 Å². The molecular formula is C18H20N2O. The first-order chi connectivity index (χ1) is 10.1. The van der Waals surface area contributed by atoms with Crippen LogP contribution in [0, 0.1) is 6.92 Å². The highest BCUT2D eigenvalue weighted by molar-refractivity contribution is 5.93. The van der Waals surface area contributed by atoms with E-state index < -0.39 is 0 Å². The Labute approximate surface area is 125 Å². The van der Waals surface area contributed by atoms with Gasteiger partial charge >= 0.3 is 0 Å². The van der Waals surface area contributed by atoms with E-state index in [1.807, 2.05) is 12.1 Å². The Balaban J connectivity index is 1.77. The van der Waals surface area contributed by atoms with E-state index in [1.165, 1.54) is 16.7 Å². The first-order valence-corrected chi connectivity index (χ1v) is 7.35. The van der Waals surface area contributed by atoms with Crippen molar-refractivity contribution in [3.63, 3.8) is 0 Å². The molecule has 0 aromatic heterocycles. The molecule has 1 atom stereocenters. The summed E-state index contributed by atoms with van der Waals surface area (Å²) >= 11 is 0. The summed E-state index contributed by atoms with van der Waals surface area (Å²) in [4.78, 5) is 11.4. The molecule has 3 nitrogen and oxygen atoms in total. The van der Waals surface area contributed by atoms with Crippen LogP contribution in [0.1, 0.15) is 34.7 Å². The molecule has 3 heteroatoms. The SMILES string of the molecule is Cc1ccc(CC(N)c2ccc3c(c2)CCC(=O)N3)cc1. The number of aryl methyl sites for hydroxylation is 2. The highest BCUT2D eigenvalue weighted by Gasteiger charge is 2.16. The van der Waals surface area contributed by atoms with Crippen LogP contribution in [0.25, 0.3) is 0 Å². The van der Waals surface area contributed by atoms with Crippen molar-refractivity contribution in [2.24, 2.45) is 5.73 Å². The molecule has 0 bridgehead atoms. The van der Waals surface area contributed by atoms with Crippen LogP contribution in [0.3, 0.4) is 0 Å². The van der Waals surface area contributed by atoms with Crippen LogP contribution in [0.15, 0.2) is 42.5 Å². The standard InChI is InChI=1S/C18H20N2O/c1-12-2-4-13(5-3-12)10-16(19)14-6-8-17-15(11-14)7-9-18(21)20-17/h2-6,8,11,16H,7,9-10,19H2,1H3,(H,20,21). The summed E-state index contributed by atoms with van der Waals surface area (Å²) in [6, 6.07) is 14.6. The minimum atomic E-state index is -0.0179. The lowest BCUT2D eigenvalue weighted by Gasteiger charge is -2.20. The normalized spacial score (nSPS) is 15.2. The number of nitrogens with two attached hydrogens (primary N) is 1. The van der Waals surface area contributed by atoms with E-state index in [0.29, 0.717) is 6.42 Å². The number of fused-ring (bicyclic) bond motifs is 1. The molecule has 3 rings (SSSR count). The average Bonchev–Trinajstić information content (AvgIpc) is 2.49. The predicted molar refractivity (Wildman–Crippen MR) is 85.2 cm³/mol. The van der Waals surface area contributed by atoms with Crippen LogP contribution in [-0.2, 0) is 17.6 Å². The number of hydrogen-bond donors (Lipinski definition) is 2. The van der Waals surface area contributed by atoms with E-state index in [-0.39, 0.29) is 11.9 Å². The van der Waals surface area contributed by atoms with Crippen LogP contribution < -0.4 is 11.1 Å². The monoisotopic (exact) mass is 280 g/mol. The average molecular weight is 280 g/mol.